The van der Waals surface area contributed by atoms with Gasteiger partial charge in [-0.05, 0) is 11.9 Å². The summed E-state index contributed by atoms with van der Waals surface area (Å²) in [6.07, 6.45) is -1.81. The van der Waals surface area contributed by atoms with Crippen molar-refractivity contribution in [2.45, 2.75) is 12.5 Å². The Labute approximate surface area is 69.8 Å². The van der Waals surface area contributed by atoms with Gasteiger partial charge in [-0.2, -0.15) is 0 Å². The highest BCUT2D eigenvalue weighted by Crippen LogP contribution is 2.15. The van der Waals surface area contributed by atoms with Crippen LogP contribution in [0.2, 0.25) is 0 Å². The summed E-state index contributed by atoms with van der Waals surface area (Å²) in [4.78, 5) is 0. The molecule has 0 fully saturated rings. The molecular weight excluding hydrogens is 136 g/mol. The Morgan fingerprint density at radius 2 is 2.18 bits per heavy atom. The topological polar surface area (TPSA) is 20.2 Å². The van der Waals surface area contributed by atoms with Gasteiger partial charge in [0.1, 0.15) is 0 Å². The number of aliphatic hydroxyl groups is 1. The van der Waals surface area contributed by atoms with Gasteiger partial charge < -0.3 is 5.11 Å². The molecular formula is C10H12O. The highest BCUT2D eigenvalue weighted by atomic mass is 16.3. The van der Waals surface area contributed by atoms with Crippen molar-refractivity contribution < 1.29 is 7.85 Å². The third-order valence-electron chi connectivity index (χ3n) is 1.39. The van der Waals surface area contributed by atoms with Gasteiger partial charge in [0, 0.05) is 2.74 Å². The molecule has 0 aromatic heterocycles. The molecule has 1 unspecified atom stereocenters. The van der Waals surface area contributed by atoms with Crippen LogP contribution in [0.5, 0.6) is 0 Å². The van der Waals surface area contributed by atoms with Crippen molar-refractivity contribution >= 4 is 0 Å². The van der Waals surface area contributed by atoms with Crippen LogP contribution in [0.3, 0.4) is 0 Å². The van der Waals surface area contributed by atoms with Crippen molar-refractivity contribution in [3.63, 3.8) is 0 Å². The van der Waals surface area contributed by atoms with E-state index >= 15 is 0 Å². The van der Waals surface area contributed by atoms with E-state index in [0.29, 0.717) is 5.56 Å². The molecule has 0 radical (unpaired) electrons. The zero-order chi connectivity index (χ0) is 9.90. The molecule has 1 heteroatoms. The summed E-state index contributed by atoms with van der Waals surface area (Å²) in [7, 11) is 0. The van der Waals surface area contributed by atoms with Crippen LogP contribution >= 0.6 is 0 Å². The van der Waals surface area contributed by atoms with E-state index in [2.05, 4.69) is 6.58 Å². The van der Waals surface area contributed by atoms with Gasteiger partial charge in [0.25, 0.3) is 0 Å². The zero-order valence-corrected chi connectivity index (χ0v) is 6.20. The van der Waals surface area contributed by atoms with E-state index in [9.17, 15) is 5.11 Å². The molecule has 1 rings (SSSR count). The minimum Gasteiger partial charge on any atom is -0.388 e. The second-order valence-corrected chi connectivity index (χ2v) is 2.18. The van der Waals surface area contributed by atoms with Crippen LogP contribution in [0.4, 0.5) is 0 Å². The maximum atomic E-state index is 9.60. The van der Waals surface area contributed by atoms with Crippen LogP contribution in [0.25, 0.3) is 0 Å². The first-order valence-corrected chi connectivity index (χ1v) is 3.44. The maximum absolute atomic E-state index is 9.60. The number of hydrogen-bond acceptors (Lipinski definition) is 1. The molecule has 0 spiro atoms. The van der Waals surface area contributed by atoms with E-state index in [-0.39, 0.29) is 0 Å². The minimum atomic E-state index is -1.78. The molecule has 0 aliphatic rings. The largest absolute Gasteiger partial charge is 0.388 e. The first-order chi connectivity index (χ1) is 6.08. The Morgan fingerprint density at radius 3 is 2.73 bits per heavy atom. The summed E-state index contributed by atoms with van der Waals surface area (Å²) in [5, 5.41) is 9.60. The molecule has 58 valence electrons. The third kappa shape index (κ3) is 2.20. The molecule has 1 aromatic carbocycles. The fourth-order valence-electron chi connectivity index (χ4n) is 0.843. The molecule has 0 bridgehead atoms. The van der Waals surface area contributed by atoms with Crippen LogP contribution in [-0.2, 0) is 0 Å². The van der Waals surface area contributed by atoms with Gasteiger partial charge in [-0.25, -0.2) is 0 Å². The molecule has 11 heavy (non-hydrogen) atoms. The molecule has 0 amide bonds. The summed E-state index contributed by atoms with van der Waals surface area (Å²) < 4.78 is 14.8. The van der Waals surface area contributed by atoms with Crippen molar-refractivity contribution in [3.8, 4) is 0 Å². The van der Waals surface area contributed by atoms with Gasteiger partial charge in [-0.15, -0.1) is 6.58 Å². The highest BCUT2D eigenvalue weighted by molar-refractivity contribution is 5.17. The average Bonchev–Trinajstić information content (AvgIpc) is 2.18. The van der Waals surface area contributed by atoms with Crippen molar-refractivity contribution in [1.82, 2.24) is 0 Å². The van der Waals surface area contributed by atoms with E-state index in [1.165, 1.54) is 0 Å². The van der Waals surface area contributed by atoms with Gasteiger partial charge in [0.2, 0.25) is 0 Å². The van der Waals surface area contributed by atoms with Crippen LogP contribution in [0.15, 0.2) is 43.0 Å². The SMILES string of the molecule is [2H]C([2H])(C=C)C(O)c1ccccc1. The Kier molecular flexibility index (Phi) is 1.99. The Bertz CT molecular complexity index is 282. The van der Waals surface area contributed by atoms with Crippen LogP contribution in [0, 0.1) is 0 Å². The Hall–Kier alpha value is -1.08. The molecule has 0 heterocycles. The lowest BCUT2D eigenvalue weighted by molar-refractivity contribution is 0.181. The van der Waals surface area contributed by atoms with Crippen LogP contribution < -0.4 is 0 Å². The smallest absolute Gasteiger partial charge is 0.0824 e. The molecule has 0 saturated carbocycles. The predicted octanol–water partition coefficient (Wildman–Crippen LogP) is 2.30. The number of hydrogen-bond donors (Lipinski definition) is 1. The normalized spacial score (nSPS) is 16.5. The fourth-order valence-corrected chi connectivity index (χ4v) is 0.843. The van der Waals surface area contributed by atoms with Gasteiger partial charge in [-0.3, -0.25) is 0 Å². The highest BCUT2D eigenvalue weighted by Gasteiger charge is 2.02. The second kappa shape index (κ2) is 3.94. The summed E-state index contributed by atoms with van der Waals surface area (Å²) >= 11 is 0. The quantitative estimate of drug-likeness (QED) is 0.655. The third-order valence-corrected chi connectivity index (χ3v) is 1.39. The number of benzene rings is 1. The number of rotatable bonds is 3. The summed E-state index contributed by atoms with van der Waals surface area (Å²) in [6, 6.07) is 8.72. The Morgan fingerprint density at radius 1 is 1.55 bits per heavy atom. The van der Waals surface area contributed by atoms with Gasteiger partial charge >= 0.3 is 0 Å². The Balaban J connectivity index is 2.91. The van der Waals surface area contributed by atoms with Crippen molar-refractivity contribution in [2.24, 2.45) is 0 Å². The predicted molar refractivity (Wildman–Crippen MR) is 46.2 cm³/mol. The lowest BCUT2D eigenvalue weighted by Crippen LogP contribution is -1.93. The molecule has 0 aliphatic heterocycles. The molecule has 0 saturated heterocycles. The second-order valence-electron chi connectivity index (χ2n) is 2.18. The number of aliphatic hydroxyl groups excluding tert-OH is 1. The van der Waals surface area contributed by atoms with E-state index < -0.39 is 12.5 Å². The van der Waals surface area contributed by atoms with Crippen molar-refractivity contribution in [3.05, 3.63) is 48.6 Å². The van der Waals surface area contributed by atoms with E-state index in [1.54, 1.807) is 24.3 Å². The lowest BCUT2D eigenvalue weighted by atomic mass is 10.1. The van der Waals surface area contributed by atoms with E-state index in [0.717, 1.165) is 6.08 Å². The van der Waals surface area contributed by atoms with Crippen LogP contribution in [0.1, 0.15) is 20.8 Å². The average molecular weight is 150 g/mol. The first-order valence-electron chi connectivity index (χ1n) is 4.44. The molecule has 0 aliphatic carbocycles. The standard InChI is InChI=1S/C10H12O/c1-2-6-10(11)9-7-4-3-5-8-9/h2-5,7-8,10-11H,1,6H2/i6D2. The van der Waals surface area contributed by atoms with Gasteiger partial charge in [0.15, 0.2) is 0 Å². The zero-order valence-electron chi connectivity index (χ0n) is 8.20. The fraction of sp³-hybridized carbons (Fsp3) is 0.200. The summed E-state index contributed by atoms with van der Waals surface area (Å²) in [5.74, 6) is 0. The van der Waals surface area contributed by atoms with Crippen molar-refractivity contribution in [2.75, 3.05) is 0 Å². The maximum Gasteiger partial charge on any atom is 0.0824 e. The van der Waals surface area contributed by atoms with E-state index in [1.807, 2.05) is 6.07 Å². The molecule has 1 aromatic rings. The molecule has 1 nitrogen and oxygen atoms in total. The first kappa shape index (κ1) is 5.56. The monoisotopic (exact) mass is 150 g/mol. The molecule has 1 N–H and O–H groups in total. The van der Waals surface area contributed by atoms with Gasteiger partial charge in [-0.1, -0.05) is 36.4 Å². The summed E-state index contributed by atoms with van der Waals surface area (Å²) in [6.45, 7) is 3.34. The van der Waals surface area contributed by atoms with Crippen LogP contribution in [-0.4, -0.2) is 5.11 Å². The lowest BCUT2D eigenvalue weighted by Gasteiger charge is -2.06. The van der Waals surface area contributed by atoms with Gasteiger partial charge in [0.05, 0.1) is 6.10 Å². The minimum absolute atomic E-state index is 0.562. The molecule has 1 atom stereocenters. The summed E-state index contributed by atoms with van der Waals surface area (Å²) in [5.41, 5.74) is 0.562. The van der Waals surface area contributed by atoms with Crippen molar-refractivity contribution in [1.29, 1.82) is 0 Å². The van der Waals surface area contributed by atoms with E-state index in [4.69, 9.17) is 2.74 Å².